The molecule has 2 N–H and O–H groups in total. The summed E-state index contributed by atoms with van der Waals surface area (Å²) in [6.07, 6.45) is 0.741. The van der Waals surface area contributed by atoms with Gasteiger partial charge in [0.25, 0.3) is 0 Å². The van der Waals surface area contributed by atoms with Crippen LogP contribution < -0.4 is 29.0 Å². The zero-order chi connectivity index (χ0) is 21.0. The van der Waals surface area contributed by atoms with Crippen LogP contribution in [0.3, 0.4) is 0 Å². The lowest BCUT2D eigenvalue weighted by molar-refractivity contribution is -0.121. The van der Waals surface area contributed by atoms with Crippen molar-refractivity contribution in [2.24, 2.45) is 0 Å². The average Bonchev–Trinajstić information content (AvgIpc) is 3.07. The first kappa shape index (κ1) is 20.3. The monoisotopic (exact) mass is 434 g/mol. The Balaban J connectivity index is 1.27. The minimum Gasteiger partial charge on any atom is -0.490 e. The second-order valence-electron chi connectivity index (χ2n) is 6.77. The van der Waals surface area contributed by atoms with E-state index in [1.165, 1.54) is 12.1 Å². The van der Waals surface area contributed by atoms with E-state index in [1.807, 2.05) is 6.07 Å². The van der Waals surface area contributed by atoms with Gasteiger partial charge in [-0.1, -0.05) is 6.07 Å². The highest BCUT2D eigenvalue weighted by Crippen LogP contribution is 2.33. The molecule has 0 bridgehead atoms. The molecule has 4 rings (SSSR count). The van der Waals surface area contributed by atoms with E-state index in [0.717, 1.165) is 12.0 Å². The fourth-order valence-electron chi connectivity index (χ4n) is 3.03. The number of rotatable bonds is 7. The molecule has 2 aliphatic heterocycles. The zero-order valence-corrected chi connectivity index (χ0v) is 17.0. The van der Waals surface area contributed by atoms with Crippen LogP contribution in [-0.4, -0.2) is 40.9 Å². The van der Waals surface area contributed by atoms with Crippen LogP contribution in [0, 0.1) is 0 Å². The largest absolute Gasteiger partial charge is 0.490 e. The van der Waals surface area contributed by atoms with Gasteiger partial charge in [0.15, 0.2) is 23.0 Å². The number of ether oxygens (including phenoxy) is 4. The van der Waals surface area contributed by atoms with Crippen molar-refractivity contribution >= 4 is 15.9 Å². The quantitative estimate of drug-likeness (QED) is 0.680. The fourth-order valence-corrected chi connectivity index (χ4v) is 4.08. The van der Waals surface area contributed by atoms with Crippen molar-refractivity contribution in [3.8, 4) is 23.0 Å². The van der Waals surface area contributed by atoms with Gasteiger partial charge < -0.3 is 24.3 Å². The lowest BCUT2D eigenvalue weighted by atomic mass is 10.2. The van der Waals surface area contributed by atoms with Crippen molar-refractivity contribution in [1.29, 1.82) is 0 Å². The molecule has 2 aliphatic rings. The fraction of sp³-hybridized carbons (Fsp3) is 0.350. The normalized spacial score (nSPS) is 14.8. The first-order chi connectivity index (χ1) is 14.5. The van der Waals surface area contributed by atoms with Crippen molar-refractivity contribution in [3.05, 3.63) is 42.0 Å². The van der Waals surface area contributed by atoms with Gasteiger partial charge in [-0.25, -0.2) is 13.1 Å². The molecule has 0 saturated carbocycles. The van der Waals surface area contributed by atoms with Crippen molar-refractivity contribution in [1.82, 2.24) is 10.0 Å². The van der Waals surface area contributed by atoms with E-state index in [4.69, 9.17) is 18.9 Å². The molecule has 160 valence electrons. The number of carbonyl (C=O) groups excluding carboxylic acids is 1. The zero-order valence-electron chi connectivity index (χ0n) is 16.2. The van der Waals surface area contributed by atoms with Gasteiger partial charge in [0.1, 0.15) is 0 Å². The van der Waals surface area contributed by atoms with Crippen LogP contribution in [0.15, 0.2) is 41.3 Å². The predicted octanol–water partition coefficient (Wildman–Crippen LogP) is 1.56. The van der Waals surface area contributed by atoms with E-state index in [2.05, 4.69) is 10.0 Å². The Hall–Kier alpha value is -2.98. The number of nitrogens with one attached hydrogen (secondary N) is 2. The molecule has 2 aromatic carbocycles. The van der Waals surface area contributed by atoms with Gasteiger partial charge >= 0.3 is 0 Å². The second-order valence-corrected chi connectivity index (χ2v) is 8.54. The average molecular weight is 434 g/mol. The predicted molar refractivity (Wildman–Crippen MR) is 106 cm³/mol. The van der Waals surface area contributed by atoms with Gasteiger partial charge in [-0.05, 0) is 29.8 Å². The second kappa shape index (κ2) is 8.80. The van der Waals surface area contributed by atoms with E-state index in [-0.39, 0.29) is 30.6 Å². The van der Waals surface area contributed by atoms with Crippen molar-refractivity contribution in [2.75, 3.05) is 26.6 Å². The van der Waals surface area contributed by atoms with Crippen LogP contribution in [0.5, 0.6) is 23.0 Å². The van der Waals surface area contributed by atoms with Crippen LogP contribution in [0.25, 0.3) is 0 Å². The van der Waals surface area contributed by atoms with E-state index in [0.29, 0.717) is 42.8 Å². The van der Waals surface area contributed by atoms with Gasteiger partial charge in [0.05, 0.1) is 18.1 Å². The smallest absolute Gasteiger partial charge is 0.240 e. The summed E-state index contributed by atoms with van der Waals surface area (Å²) in [5.74, 6) is 1.97. The van der Waals surface area contributed by atoms with Crippen molar-refractivity contribution in [2.45, 2.75) is 24.3 Å². The maximum Gasteiger partial charge on any atom is 0.240 e. The highest BCUT2D eigenvalue weighted by atomic mass is 32.2. The number of benzene rings is 2. The molecular formula is C20H22N2O7S. The molecule has 0 aliphatic carbocycles. The molecule has 1 amide bonds. The summed E-state index contributed by atoms with van der Waals surface area (Å²) >= 11 is 0. The highest BCUT2D eigenvalue weighted by Gasteiger charge is 2.19. The van der Waals surface area contributed by atoms with E-state index >= 15 is 0 Å². The first-order valence-electron chi connectivity index (χ1n) is 9.56. The molecule has 2 heterocycles. The number of carbonyl (C=O) groups is 1. The molecule has 0 radical (unpaired) electrons. The summed E-state index contributed by atoms with van der Waals surface area (Å²) < 4.78 is 49.0. The van der Waals surface area contributed by atoms with Crippen LogP contribution in [0.2, 0.25) is 0 Å². The molecular weight excluding hydrogens is 412 g/mol. The summed E-state index contributed by atoms with van der Waals surface area (Å²) in [5, 5.41) is 2.76. The summed E-state index contributed by atoms with van der Waals surface area (Å²) in [4.78, 5) is 12.1. The van der Waals surface area contributed by atoms with Crippen LogP contribution in [-0.2, 0) is 21.4 Å². The maximum absolute atomic E-state index is 12.5. The summed E-state index contributed by atoms with van der Waals surface area (Å²) in [6.45, 7) is 1.47. The maximum atomic E-state index is 12.5. The minimum atomic E-state index is -3.77. The standard InChI is InChI=1S/C20H22N2O7S/c23-20(21-12-14-2-4-17-18(10-14)29-13-28-17)6-7-22-30(24,25)15-3-5-16-19(11-15)27-9-1-8-26-16/h2-5,10-11,22H,1,6-9,12-13H2,(H,21,23). The summed E-state index contributed by atoms with van der Waals surface area (Å²) in [7, 11) is -3.77. The SMILES string of the molecule is O=C(CCNS(=O)(=O)c1ccc2c(c1)OCCCO2)NCc1ccc2c(c1)OCO2. The molecule has 0 unspecified atom stereocenters. The summed E-state index contributed by atoms with van der Waals surface area (Å²) in [6, 6.07) is 9.88. The Morgan fingerprint density at radius 2 is 1.60 bits per heavy atom. The Morgan fingerprint density at radius 3 is 2.47 bits per heavy atom. The Kier molecular flexibility index (Phi) is 5.96. The lowest BCUT2D eigenvalue weighted by Crippen LogP contribution is -2.30. The number of fused-ring (bicyclic) bond motifs is 2. The molecule has 30 heavy (non-hydrogen) atoms. The van der Waals surface area contributed by atoms with Crippen molar-refractivity contribution < 1.29 is 32.2 Å². The number of hydrogen-bond donors (Lipinski definition) is 2. The van der Waals surface area contributed by atoms with Gasteiger partial charge in [-0.15, -0.1) is 0 Å². The number of hydrogen-bond acceptors (Lipinski definition) is 7. The first-order valence-corrected chi connectivity index (χ1v) is 11.0. The topological polar surface area (TPSA) is 112 Å². The number of sulfonamides is 1. The molecule has 10 heteroatoms. The van der Waals surface area contributed by atoms with E-state index < -0.39 is 10.0 Å². The molecule has 9 nitrogen and oxygen atoms in total. The third-order valence-electron chi connectivity index (χ3n) is 4.60. The van der Waals surface area contributed by atoms with Gasteiger partial charge in [0, 0.05) is 32.0 Å². The lowest BCUT2D eigenvalue weighted by Gasteiger charge is -2.11. The summed E-state index contributed by atoms with van der Waals surface area (Å²) in [5.41, 5.74) is 0.861. The molecule has 0 atom stereocenters. The molecule has 0 saturated heterocycles. The Labute approximate surface area is 174 Å². The van der Waals surface area contributed by atoms with Gasteiger partial charge in [-0.3, -0.25) is 4.79 Å². The molecule has 0 spiro atoms. The van der Waals surface area contributed by atoms with E-state index in [9.17, 15) is 13.2 Å². The molecule has 0 fully saturated rings. The third-order valence-corrected chi connectivity index (χ3v) is 6.06. The van der Waals surface area contributed by atoms with Crippen molar-refractivity contribution in [3.63, 3.8) is 0 Å². The Bertz CT molecular complexity index is 1040. The Morgan fingerprint density at radius 1 is 0.900 bits per heavy atom. The molecule has 0 aromatic heterocycles. The van der Waals surface area contributed by atoms with Gasteiger partial charge in [0.2, 0.25) is 22.7 Å². The third kappa shape index (κ3) is 4.77. The van der Waals surface area contributed by atoms with Crippen LogP contribution in [0.4, 0.5) is 0 Å². The minimum absolute atomic E-state index is 0.00827. The highest BCUT2D eigenvalue weighted by molar-refractivity contribution is 7.89. The molecule has 2 aromatic rings. The van der Waals surface area contributed by atoms with Crippen LogP contribution in [0.1, 0.15) is 18.4 Å². The van der Waals surface area contributed by atoms with E-state index in [1.54, 1.807) is 18.2 Å². The van der Waals surface area contributed by atoms with Gasteiger partial charge in [-0.2, -0.15) is 0 Å². The number of amides is 1. The van der Waals surface area contributed by atoms with Crippen LogP contribution >= 0.6 is 0 Å².